The molecule has 1 N–H and O–H groups in total. The summed E-state index contributed by atoms with van der Waals surface area (Å²) in [6.45, 7) is 2.34. The van der Waals surface area contributed by atoms with Crippen molar-refractivity contribution in [3.8, 4) is 0 Å². The number of nitrogens with zero attached hydrogens (tertiary/aromatic N) is 1. The SMILES string of the molecule is CN(C)C(c1ccccc1)C1CCNCC1. The minimum absolute atomic E-state index is 0.573. The van der Waals surface area contributed by atoms with E-state index < -0.39 is 0 Å². The number of hydrogen-bond donors (Lipinski definition) is 1. The lowest BCUT2D eigenvalue weighted by molar-refractivity contribution is 0.177. The van der Waals surface area contributed by atoms with Crippen molar-refractivity contribution in [2.45, 2.75) is 18.9 Å². The zero-order chi connectivity index (χ0) is 11.4. The van der Waals surface area contributed by atoms with Crippen LogP contribution in [0.2, 0.25) is 0 Å². The Bertz CT molecular complexity index is 302. The van der Waals surface area contributed by atoms with E-state index in [9.17, 15) is 0 Å². The molecule has 1 saturated heterocycles. The first-order valence-corrected chi connectivity index (χ1v) is 6.21. The second-order valence-electron chi connectivity index (χ2n) is 4.91. The molecule has 1 fully saturated rings. The summed E-state index contributed by atoms with van der Waals surface area (Å²) in [6.07, 6.45) is 2.58. The fraction of sp³-hybridized carbons (Fsp3) is 0.571. The highest BCUT2D eigenvalue weighted by atomic mass is 15.1. The van der Waals surface area contributed by atoms with Crippen molar-refractivity contribution in [3.63, 3.8) is 0 Å². The molecule has 2 heteroatoms. The summed E-state index contributed by atoms with van der Waals surface area (Å²) in [6, 6.07) is 11.5. The Balaban J connectivity index is 2.16. The fourth-order valence-corrected chi connectivity index (χ4v) is 2.80. The normalized spacial score (nSPS) is 19.9. The van der Waals surface area contributed by atoms with Crippen LogP contribution in [0.1, 0.15) is 24.4 Å². The first kappa shape index (κ1) is 11.6. The van der Waals surface area contributed by atoms with Crippen molar-refractivity contribution in [2.75, 3.05) is 27.2 Å². The molecule has 1 aliphatic heterocycles. The van der Waals surface area contributed by atoms with E-state index in [0.717, 1.165) is 5.92 Å². The molecule has 1 aromatic carbocycles. The molecule has 1 aliphatic rings. The van der Waals surface area contributed by atoms with Crippen molar-refractivity contribution >= 4 is 0 Å². The van der Waals surface area contributed by atoms with Gasteiger partial charge >= 0.3 is 0 Å². The van der Waals surface area contributed by atoms with E-state index in [4.69, 9.17) is 0 Å². The van der Waals surface area contributed by atoms with E-state index in [-0.39, 0.29) is 0 Å². The molecular weight excluding hydrogens is 196 g/mol. The van der Waals surface area contributed by atoms with Crippen molar-refractivity contribution < 1.29 is 0 Å². The molecule has 16 heavy (non-hydrogen) atoms. The summed E-state index contributed by atoms with van der Waals surface area (Å²) in [5.74, 6) is 0.790. The van der Waals surface area contributed by atoms with E-state index in [2.05, 4.69) is 54.6 Å². The fourth-order valence-electron chi connectivity index (χ4n) is 2.80. The average molecular weight is 218 g/mol. The van der Waals surface area contributed by atoms with Crippen LogP contribution in [0.15, 0.2) is 30.3 Å². The second kappa shape index (κ2) is 5.46. The van der Waals surface area contributed by atoms with E-state index in [1.54, 1.807) is 0 Å². The molecule has 0 spiro atoms. The predicted octanol–water partition coefficient (Wildman–Crippen LogP) is 2.29. The number of benzene rings is 1. The van der Waals surface area contributed by atoms with Gasteiger partial charge in [-0.05, 0) is 51.5 Å². The first-order valence-electron chi connectivity index (χ1n) is 6.21. The molecular formula is C14H22N2. The molecule has 2 nitrogen and oxygen atoms in total. The van der Waals surface area contributed by atoms with Crippen LogP contribution < -0.4 is 5.32 Å². The minimum atomic E-state index is 0.573. The van der Waals surface area contributed by atoms with Crippen LogP contribution in [-0.2, 0) is 0 Å². The Morgan fingerprint density at radius 1 is 1.12 bits per heavy atom. The molecule has 1 aromatic rings. The standard InChI is InChI=1S/C14H22N2/c1-16(2)14(12-6-4-3-5-7-12)13-8-10-15-11-9-13/h3-7,13-15H,8-11H2,1-2H3. The maximum absolute atomic E-state index is 3.44. The quantitative estimate of drug-likeness (QED) is 0.837. The zero-order valence-electron chi connectivity index (χ0n) is 10.3. The first-order chi connectivity index (χ1) is 7.79. The third-order valence-corrected chi connectivity index (χ3v) is 3.53. The number of hydrogen-bond acceptors (Lipinski definition) is 2. The van der Waals surface area contributed by atoms with Crippen LogP contribution in [0, 0.1) is 5.92 Å². The molecule has 0 aromatic heterocycles. The molecule has 88 valence electrons. The lowest BCUT2D eigenvalue weighted by Crippen LogP contribution is -2.35. The summed E-state index contributed by atoms with van der Waals surface area (Å²) in [4.78, 5) is 2.37. The third kappa shape index (κ3) is 2.63. The molecule has 0 amide bonds. The monoisotopic (exact) mass is 218 g/mol. The van der Waals surface area contributed by atoms with E-state index in [0.29, 0.717) is 6.04 Å². The van der Waals surface area contributed by atoms with Gasteiger partial charge in [-0.3, -0.25) is 0 Å². The lowest BCUT2D eigenvalue weighted by Gasteiger charge is -2.35. The van der Waals surface area contributed by atoms with Gasteiger partial charge in [-0.15, -0.1) is 0 Å². The van der Waals surface area contributed by atoms with Crippen LogP contribution in [0.5, 0.6) is 0 Å². The zero-order valence-corrected chi connectivity index (χ0v) is 10.3. The second-order valence-corrected chi connectivity index (χ2v) is 4.91. The molecule has 0 radical (unpaired) electrons. The van der Waals surface area contributed by atoms with Gasteiger partial charge in [0.2, 0.25) is 0 Å². The maximum atomic E-state index is 3.44. The van der Waals surface area contributed by atoms with Gasteiger partial charge in [-0.1, -0.05) is 30.3 Å². The average Bonchev–Trinajstić information content (AvgIpc) is 2.31. The summed E-state index contributed by atoms with van der Waals surface area (Å²) >= 11 is 0. The largest absolute Gasteiger partial charge is 0.317 e. The van der Waals surface area contributed by atoms with E-state index in [1.807, 2.05) is 0 Å². The van der Waals surface area contributed by atoms with E-state index >= 15 is 0 Å². The number of rotatable bonds is 3. The molecule has 0 aliphatic carbocycles. The number of piperidine rings is 1. The highest BCUT2D eigenvalue weighted by Crippen LogP contribution is 2.32. The molecule has 1 atom stereocenters. The highest BCUT2D eigenvalue weighted by molar-refractivity contribution is 5.20. The van der Waals surface area contributed by atoms with E-state index in [1.165, 1.54) is 31.5 Å². The Morgan fingerprint density at radius 3 is 2.31 bits per heavy atom. The predicted molar refractivity (Wildman–Crippen MR) is 68.5 cm³/mol. The smallest absolute Gasteiger partial charge is 0.0371 e. The Hall–Kier alpha value is -0.860. The third-order valence-electron chi connectivity index (χ3n) is 3.53. The summed E-state index contributed by atoms with van der Waals surface area (Å²) in [5, 5.41) is 3.44. The maximum Gasteiger partial charge on any atom is 0.0371 e. The van der Waals surface area contributed by atoms with Crippen LogP contribution in [0.3, 0.4) is 0 Å². The van der Waals surface area contributed by atoms with Gasteiger partial charge in [0, 0.05) is 6.04 Å². The topological polar surface area (TPSA) is 15.3 Å². The Labute approximate surface area is 98.7 Å². The number of nitrogens with one attached hydrogen (secondary N) is 1. The van der Waals surface area contributed by atoms with Gasteiger partial charge in [0.05, 0.1) is 0 Å². The van der Waals surface area contributed by atoms with Crippen molar-refractivity contribution in [2.24, 2.45) is 5.92 Å². The molecule has 0 saturated carbocycles. The van der Waals surface area contributed by atoms with Crippen LogP contribution >= 0.6 is 0 Å². The highest BCUT2D eigenvalue weighted by Gasteiger charge is 2.26. The van der Waals surface area contributed by atoms with Crippen molar-refractivity contribution in [3.05, 3.63) is 35.9 Å². The van der Waals surface area contributed by atoms with Gasteiger partial charge < -0.3 is 10.2 Å². The molecule has 2 rings (SSSR count). The Morgan fingerprint density at radius 2 is 1.75 bits per heavy atom. The van der Waals surface area contributed by atoms with Crippen molar-refractivity contribution in [1.29, 1.82) is 0 Å². The van der Waals surface area contributed by atoms with Gasteiger partial charge in [0.15, 0.2) is 0 Å². The lowest BCUT2D eigenvalue weighted by atomic mass is 9.85. The minimum Gasteiger partial charge on any atom is -0.317 e. The summed E-state index contributed by atoms with van der Waals surface area (Å²) in [5.41, 5.74) is 1.46. The van der Waals surface area contributed by atoms with Crippen LogP contribution in [0.4, 0.5) is 0 Å². The van der Waals surface area contributed by atoms with Gasteiger partial charge in [0.1, 0.15) is 0 Å². The molecule has 0 bridgehead atoms. The molecule has 1 unspecified atom stereocenters. The summed E-state index contributed by atoms with van der Waals surface area (Å²) in [7, 11) is 4.39. The van der Waals surface area contributed by atoms with Crippen LogP contribution in [-0.4, -0.2) is 32.1 Å². The summed E-state index contributed by atoms with van der Waals surface area (Å²) < 4.78 is 0. The van der Waals surface area contributed by atoms with Gasteiger partial charge in [0.25, 0.3) is 0 Å². The van der Waals surface area contributed by atoms with Crippen molar-refractivity contribution in [1.82, 2.24) is 10.2 Å². The van der Waals surface area contributed by atoms with Gasteiger partial charge in [-0.2, -0.15) is 0 Å². The van der Waals surface area contributed by atoms with Crippen LogP contribution in [0.25, 0.3) is 0 Å². The van der Waals surface area contributed by atoms with Gasteiger partial charge in [-0.25, -0.2) is 0 Å². The molecule has 1 heterocycles. The Kier molecular flexibility index (Phi) is 3.97.